The Balaban J connectivity index is 0.000000124. The summed E-state index contributed by atoms with van der Waals surface area (Å²) in [5.41, 5.74) is 32.3. The topological polar surface area (TPSA) is 103 Å². The molecular weight excluding hydrogens is 1310 g/mol. The molecule has 0 aliphatic heterocycles. The Morgan fingerprint density at radius 3 is 0.630 bits per heavy atom. The van der Waals surface area contributed by atoms with Gasteiger partial charge in [0.05, 0.1) is 39.9 Å². The van der Waals surface area contributed by atoms with Crippen LogP contribution in [0.2, 0.25) is 0 Å². The number of rotatable bonds is 15. The molecule has 8 heteroatoms. The molecule has 0 fully saturated rings. The number of pyridine rings is 8. The summed E-state index contributed by atoms with van der Waals surface area (Å²) in [6.45, 7) is 0. The molecule has 0 saturated carbocycles. The molecule has 0 unspecified atom stereocenters. The average Bonchev–Trinajstić information content (AvgIpc) is 0.795. The molecule has 8 nitrogen and oxygen atoms in total. The summed E-state index contributed by atoms with van der Waals surface area (Å²) in [5, 5.41) is 0. The first kappa shape index (κ1) is 67.9. The molecule has 0 N–H and O–H groups in total. The summed E-state index contributed by atoms with van der Waals surface area (Å²) in [7, 11) is 0. The van der Waals surface area contributed by atoms with Crippen molar-refractivity contribution in [3.63, 3.8) is 0 Å². The van der Waals surface area contributed by atoms with Crippen LogP contribution in [-0.4, -0.2) is 39.9 Å². The van der Waals surface area contributed by atoms with E-state index in [2.05, 4.69) is 310 Å². The molecule has 510 valence electrons. The molecule has 18 rings (SSSR count). The highest BCUT2D eigenvalue weighted by Crippen LogP contribution is 2.40. The largest absolute Gasteiger partial charge is 0.265 e. The van der Waals surface area contributed by atoms with Gasteiger partial charge in [0.15, 0.2) is 0 Å². The summed E-state index contributed by atoms with van der Waals surface area (Å²) in [4.78, 5) is 36.8. The van der Waals surface area contributed by atoms with E-state index >= 15 is 0 Å². The molecule has 0 aliphatic rings. The first-order valence-corrected chi connectivity index (χ1v) is 35.9. The Morgan fingerprint density at radius 2 is 0.343 bits per heavy atom. The van der Waals surface area contributed by atoms with Gasteiger partial charge >= 0.3 is 0 Å². The van der Waals surface area contributed by atoms with E-state index in [0.717, 1.165) is 157 Å². The second kappa shape index (κ2) is 32.8. The fraction of sp³-hybridized carbons (Fsp3) is 0. The van der Waals surface area contributed by atoms with Crippen LogP contribution in [-0.2, 0) is 0 Å². The monoisotopic (exact) mass is 1380 g/mol. The van der Waals surface area contributed by atoms with E-state index < -0.39 is 0 Å². The van der Waals surface area contributed by atoms with Crippen molar-refractivity contribution in [2.75, 3.05) is 0 Å². The van der Waals surface area contributed by atoms with Gasteiger partial charge in [-0.25, -0.2) is 15.0 Å². The van der Waals surface area contributed by atoms with Crippen LogP contribution in [0.4, 0.5) is 0 Å². The van der Waals surface area contributed by atoms with Gasteiger partial charge in [-0.2, -0.15) is 0 Å². The summed E-state index contributed by atoms with van der Waals surface area (Å²) in [5.74, 6) is 0. The van der Waals surface area contributed by atoms with Gasteiger partial charge in [-0.3, -0.25) is 24.9 Å². The second-order valence-corrected chi connectivity index (χ2v) is 26.0. The van der Waals surface area contributed by atoms with Crippen LogP contribution in [0.25, 0.3) is 168 Å². The van der Waals surface area contributed by atoms with Gasteiger partial charge in [0.25, 0.3) is 0 Å². The summed E-state index contributed by atoms with van der Waals surface area (Å²) in [6.07, 6.45) is 16.5. The van der Waals surface area contributed by atoms with E-state index in [1.54, 1.807) is 6.20 Å². The molecule has 8 aromatic heterocycles. The van der Waals surface area contributed by atoms with Crippen molar-refractivity contribution in [2.45, 2.75) is 0 Å². The van der Waals surface area contributed by atoms with Gasteiger partial charge in [0.2, 0.25) is 0 Å². The first-order chi connectivity index (χ1) is 53.5. The summed E-state index contributed by atoms with van der Waals surface area (Å²) in [6, 6.07) is 128. The van der Waals surface area contributed by atoms with E-state index in [9.17, 15) is 0 Å². The predicted molar refractivity (Wildman–Crippen MR) is 443 cm³/mol. The third kappa shape index (κ3) is 16.4. The minimum Gasteiger partial charge on any atom is -0.265 e. The third-order valence-corrected chi connectivity index (χ3v) is 18.8. The van der Waals surface area contributed by atoms with Crippen molar-refractivity contribution in [3.05, 3.63) is 426 Å². The molecule has 108 heavy (non-hydrogen) atoms. The fourth-order valence-corrected chi connectivity index (χ4v) is 13.3. The van der Waals surface area contributed by atoms with Crippen LogP contribution in [0, 0.1) is 0 Å². The van der Waals surface area contributed by atoms with E-state index in [4.69, 9.17) is 15.0 Å². The van der Waals surface area contributed by atoms with Crippen LogP contribution in [0.1, 0.15) is 0 Å². The maximum Gasteiger partial charge on any atom is 0.0716 e. The highest BCUT2D eigenvalue weighted by Gasteiger charge is 2.17. The zero-order chi connectivity index (χ0) is 72.5. The van der Waals surface area contributed by atoms with Crippen LogP contribution in [0.3, 0.4) is 0 Å². The third-order valence-electron chi connectivity index (χ3n) is 18.8. The van der Waals surface area contributed by atoms with E-state index in [1.165, 1.54) is 11.1 Å². The summed E-state index contributed by atoms with van der Waals surface area (Å²) >= 11 is 0. The molecule has 0 aliphatic carbocycles. The molecular formula is C100H70N8. The van der Waals surface area contributed by atoms with Crippen LogP contribution in [0.5, 0.6) is 0 Å². The molecule has 18 aromatic rings. The molecule has 10 aromatic carbocycles. The molecule has 0 atom stereocenters. The molecule has 0 radical (unpaired) electrons. The van der Waals surface area contributed by atoms with Crippen molar-refractivity contribution in [1.29, 1.82) is 0 Å². The standard InChI is InChI=1S/C34H24N2.2C33H23N3/c1-4-10-25(11-5-1)29-20-30(26-16-18-35-19-17-26)22-31(21-29)32-23-33(27-12-6-2-7-13-27)36-34(24-32)28-14-8-3-9-15-28;1-3-9-25(10-4-1)32-22-29(23-33(36-32)26-11-5-2-6-12-26)28-19-27(24-14-17-34-18-15-24)20-30(21-28)31-13-7-8-16-35-31;1-3-8-24(9-4-1)30-21-32(26-10-5-2-6-11-26)36-33(22-30)31-19-28(25-13-16-34-17-14-25)18-29(20-31)27-12-7-15-35-23-27/h1-24H;2*1-23H. The smallest absolute Gasteiger partial charge is 0.0716 e. The van der Waals surface area contributed by atoms with Crippen molar-refractivity contribution in [3.8, 4) is 168 Å². The van der Waals surface area contributed by atoms with Crippen molar-refractivity contribution < 1.29 is 0 Å². The van der Waals surface area contributed by atoms with Gasteiger partial charge < -0.3 is 0 Å². The predicted octanol–water partition coefficient (Wildman–Crippen LogP) is 25.2. The number of nitrogens with zero attached hydrogens (tertiary/aromatic N) is 8. The zero-order valence-electron chi connectivity index (χ0n) is 59.0. The van der Waals surface area contributed by atoms with Gasteiger partial charge in [-0.15, -0.1) is 0 Å². The van der Waals surface area contributed by atoms with Gasteiger partial charge in [0, 0.05) is 100 Å². The average molecular weight is 1380 g/mol. The quantitative estimate of drug-likeness (QED) is 0.1000. The minimum absolute atomic E-state index is 0.927. The van der Waals surface area contributed by atoms with E-state index in [-0.39, 0.29) is 0 Å². The fourth-order valence-electron chi connectivity index (χ4n) is 13.3. The second-order valence-electron chi connectivity index (χ2n) is 26.0. The van der Waals surface area contributed by atoms with Crippen LogP contribution >= 0.6 is 0 Å². The normalized spacial score (nSPS) is 10.8. The van der Waals surface area contributed by atoms with Crippen LogP contribution < -0.4 is 0 Å². The Bertz CT molecular complexity index is 4660. The Kier molecular flexibility index (Phi) is 20.6. The summed E-state index contributed by atoms with van der Waals surface area (Å²) < 4.78 is 0. The number of hydrogen-bond donors (Lipinski definition) is 0. The maximum absolute atomic E-state index is 5.14. The Hall–Kier alpha value is -14.6. The molecule has 0 saturated heterocycles. The molecule has 0 amide bonds. The van der Waals surface area contributed by atoms with Crippen molar-refractivity contribution >= 4 is 0 Å². The number of aromatic nitrogens is 8. The van der Waals surface area contributed by atoms with E-state index in [1.807, 2.05) is 135 Å². The van der Waals surface area contributed by atoms with Crippen molar-refractivity contribution in [2.24, 2.45) is 0 Å². The Morgan fingerprint density at radius 1 is 0.120 bits per heavy atom. The van der Waals surface area contributed by atoms with E-state index in [0.29, 0.717) is 0 Å². The lowest BCUT2D eigenvalue weighted by Gasteiger charge is -2.14. The van der Waals surface area contributed by atoms with Crippen molar-refractivity contribution in [1.82, 2.24) is 39.9 Å². The molecule has 8 heterocycles. The van der Waals surface area contributed by atoms with Gasteiger partial charge in [0.1, 0.15) is 0 Å². The van der Waals surface area contributed by atoms with Crippen LogP contribution in [0.15, 0.2) is 426 Å². The molecule has 0 spiro atoms. The molecule has 0 bridgehead atoms. The Labute approximate surface area is 629 Å². The lowest BCUT2D eigenvalue weighted by molar-refractivity contribution is 1.31. The van der Waals surface area contributed by atoms with Gasteiger partial charge in [-0.1, -0.05) is 224 Å². The SMILES string of the molecule is c1ccc(-c2cc(-c3cc(-c4ccncc4)cc(-c4ccccn4)c3)cc(-c3ccccc3)n2)cc1.c1ccc(-c2cc(-c3ccccc3)nc(-c3cc(-c4ccncc4)cc(-c4cccnc4)c3)c2)cc1.c1ccc(-c2cc(-c3ccncc3)cc(-c3cc(-c4ccccc4)nc(-c4ccccc4)c3)c2)cc1. The lowest BCUT2D eigenvalue weighted by Crippen LogP contribution is -1.93. The van der Waals surface area contributed by atoms with Gasteiger partial charge in [-0.05, 0) is 229 Å². The minimum atomic E-state index is 0.927. The number of benzene rings is 10. The highest BCUT2D eigenvalue weighted by molar-refractivity contribution is 5.88. The zero-order valence-corrected chi connectivity index (χ0v) is 59.0. The lowest BCUT2D eigenvalue weighted by atomic mass is 9.92. The highest BCUT2D eigenvalue weighted by atomic mass is 14.7. The first-order valence-electron chi connectivity index (χ1n) is 35.9. The number of hydrogen-bond acceptors (Lipinski definition) is 8. The maximum atomic E-state index is 5.14.